The SMILES string of the molecule is Nc1ncnc2c1c(-c1ccc(Oc3ccccc3)cc1)nn2Cc1ccc(CC(=O)O)cc1. The molecule has 3 aromatic carbocycles. The smallest absolute Gasteiger partial charge is 0.307 e. The number of para-hydroxylation sites is 1. The Morgan fingerprint density at radius 2 is 1.56 bits per heavy atom. The fraction of sp³-hybridized carbons (Fsp3) is 0.0769. The Bertz CT molecular complexity index is 1450. The molecular formula is C26H21N5O3. The summed E-state index contributed by atoms with van der Waals surface area (Å²) in [6.45, 7) is 0.454. The van der Waals surface area contributed by atoms with Gasteiger partial charge in [0, 0.05) is 5.56 Å². The first-order valence-corrected chi connectivity index (χ1v) is 10.7. The molecule has 3 N–H and O–H groups in total. The molecule has 0 aliphatic carbocycles. The number of anilines is 1. The summed E-state index contributed by atoms with van der Waals surface area (Å²) in [7, 11) is 0. The van der Waals surface area contributed by atoms with E-state index in [-0.39, 0.29) is 6.42 Å². The molecule has 0 aliphatic heterocycles. The lowest BCUT2D eigenvalue weighted by atomic mass is 10.1. The summed E-state index contributed by atoms with van der Waals surface area (Å²) >= 11 is 0. The van der Waals surface area contributed by atoms with Crippen LogP contribution in [-0.2, 0) is 17.8 Å². The average molecular weight is 451 g/mol. The number of ether oxygens (including phenoxy) is 1. The molecule has 0 radical (unpaired) electrons. The van der Waals surface area contributed by atoms with Crippen LogP contribution in [-0.4, -0.2) is 30.8 Å². The summed E-state index contributed by atoms with van der Waals surface area (Å²) in [5.74, 6) is 0.969. The topological polar surface area (TPSA) is 116 Å². The van der Waals surface area contributed by atoms with Crippen molar-refractivity contribution in [2.45, 2.75) is 13.0 Å². The zero-order valence-electron chi connectivity index (χ0n) is 18.1. The standard InChI is InChI=1S/C26H21N5O3/c27-25-23-24(19-10-12-21(13-11-19)34-20-4-2-1-3-5-20)30-31(26(23)29-16-28-25)15-18-8-6-17(7-9-18)14-22(32)33/h1-13,16H,14-15H2,(H,32,33)(H2,27,28,29). The molecule has 5 aromatic rings. The average Bonchev–Trinajstić information content (AvgIpc) is 3.21. The number of nitrogens with two attached hydrogens (primary N) is 1. The Labute approximate surface area is 195 Å². The van der Waals surface area contributed by atoms with Gasteiger partial charge in [0.15, 0.2) is 5.65 Å². The fourth-order valence-electron chi connectivity index (χ4n) is 3.76. The molecule has 8 heteroatoms. The number of hydrogen-bond donors (Lipinski definition) is 2. The number of aliphatic carboxylic acids is 1. The highest BCUT2D eigenvalue weighted by Crippen LogP contribution is 2.32. The molecule has 0 bridgehead atoms. The van der Waals surface area contributed by atoms with Crippen LogP contribution < -0.4 is 10.5 Å². The van der Waals surface area contributed by atoms with Gasteiger partial charge in [-0.15, -0.1) is 0 Å². The Morgan fingerprint density at radius 3 is 2.26 bits per heavy atom. The largest absolute Gasteiger partial charge is 0.481 e. The molecule has 5 rings (SSSR count). The van der Waals surface area contributed by atoms with Crippen molar-refractivity contribution in [2.24, 2.45) is 0 Å². The first-order valence-electron chi connectivity index (χ1n) is 10.7. The van der Waals surface area contributed by atoms with E-state index in [4.69, 9.17) is 20.7 Å². The maximum atomic E-state index is 10.9. The van der Waals surface area contributed by atoms with E-state index >= 15 is 0 Å². The van der Waals surface area contributed by atoms with Crippen LogP contribution in [0.25, 0.3) is 22.3 Å². The van der Waals surface area contributed by atoms with E-state index in [1.54, 1.807) is 4.68 Å². The number of nitrogen functional groups attached to an aromatic ring is 1. The molecule has 0 saturated heterocycles. The van der Waals surface area contributed by atoms with Gasteiger partial charge in [-0.3, -0.25) is 4.79 Å². The lowest BCUT2D eigenvalue weighted by Gasteiger charge is -2.06. The van der Waals surface area contributed by atoms with Crippen molar-refractivity contribution in [1.82, 2.24) is 19.7 Å². The lowest BCUT2D eigenvalue weighted by Crippen LogP contribution is -2.04. The quantitative estimate of drug-likeness (QED) is 0.373. The van der Waals surface area contributed by atoms with Crippen LogP contribution in [0.15, 0.2) is 85.2 Å². The number of nitrogens with zero attached hydrogens (tertiary/aromatic N) is 4. The molecule has 34 heavy (non-hydrogen) atoms. The van der Waals surface area contributed by atoms with Gasteiger partial charge in [0.2, 0.25) is 0 Å². The number of benzene rings is 3. The molecule has 0 saturated carbocycles. The third-order valence-corrected chi connectivity index (χ3v) is 5.38. The second-order valence-electron chi connectivity index (χ2n) is 7.79. The van der Waals surface area contributed by atoms with Crippen LogP contribution in [0.2, 0.25) is 0 Å². The van der Waals surface area contributed by atoms with Crippen molar-refractivity contribution in [2.75, 3.05) is 5.73 Å². The van der Waals surface area contributed by atoms with Crippen LogP contribution in [0.5, 0.6) is 11.5 Å². The van der Waals surface area contributed by atoms with E-state index in [0.717, 1.165) is 22.4 Å². The third-order valence-electron chi connectivity index (χ3n) is 5.38. The van der Waals surface area contributed by atoms with Crippen molar-refractivity contribution in [3.63, 3.8) is 0 Å². The van der Waals surface area contributed by atoms with Gasteiger partial charge in [0.05, 0.1) is 18.4 Å². The molecule has 0 unspecified atom stereocenters. The zero-order valence-corrected chi connectivity index (χ0v) is 18.1. The van der Waals surface area contributed by atoms with Gasteiger partial charge < -0.3 is 15.6 Å². The summed E-state index contributed by atoms with van der Waals surface area (Å²) < 4.78 is 7.67. The van der Waals surface area contributed by atoms with E-state index in [1.807, 2.05) is 78.9 Å². The van der Waals surface area contributed by atoms with E-state index < -0.39 is 5.97 Å². The minimum absolute atomic E-state index is 0.0110. The van der Waals surface area contributed by atoms with Crippen molar-refractivity contribution in [1.29, 1.82) is 0 Å². The maximum absolute atomic E-state index is 10.9. The fourth-order valence-corrected chi connectivity index (χ4v) is 3.76. The normalized spacial score (nSPS) is 10.9. The summed E-state index contributed by atoms with van der Waals surface area (Å²) in [6, 6.07) is 24.6. The highest BCUT2D eigenvalue weighted by molar-refractivity contribution is 5.98. The van der Waals surface area contributed by atoms with Gasteiger partial charge in [0.1, 0.15) is 29.3 Å². The highest BCUT2D eigenvalue weighted by Gasteiger charge is 2.17. The predicted molar refractivity (Wildman–Crippen MR) is 129 cm³/mol. The first-order chi connectivity index (χ1) is 16.6. The first kappa shape index (κ1) is 21.1. The summed E-state index contributed by atoms with van der Waals surface area (Å²) in [5.41, 5.74) is 10.1. The Balaban J connectivity index is 1.46. The minimum atomic E-state index is -0.858. The summed E-state index contributed by atoms with van der Waals surface area (Å²) in [5, 5.41) is 14.5. The van der Waals surface area contributed by atoms with Crippen LogP contribution in [0.3, 0.4) is 0 Å². The van der Waals surface area contributed by atoms with Gasteiger partial charge in [-0.2, -0.15) is 5.10 Å². The van der Waals surface area contributed by atoms with E-state index in [9.17, 15) is 4.79 Å². The van der Waals surface area contributed by atoms with Crippen LogP contribution in [0, 0.1) is 0 Å². The van der Waals surface area contributed by atoms with Crippen molar-refractivity contribution in [3.05, 3.63) is 96.3 Å². The highest BCUT2D eigenvalue weighted by atomic mass is 16.5. The van der Waals surface area contributed by atoms with E-state index in [0.29, 0.717) is 34.8 Å². The van der Waals surface area contributed by atoms with Gasteiger partial charge in [-0.1, -0.05) is 42.5 Å². The monoisotopic (exact) mass is 451 g/mol. The molecule has 0 aliphatic rings. The van der Waals surface area contributed by atoms with Gasteiger partial charge in [0.25, 0.3) is 0 Å². The predicted octanol–water partition coefficient (Wildman–Crippen LogP) is 4.54. The molecular weight excluding hydrogens is 430 g/mol. The molecule has 0 atom stereocenters. The molecule has 2 aromatic heterocycles. The third kappa shape index (κ3) is 4.42. The number of aromatic nitrogens is 4. The van der Waals surface area contributed by atoms with E-state index in [2.05, 4.69) is 9.97 Å². The number of fused-ring (bicyclic) bond motifs is 1. The Morgan fingerprint density at radius 1 is 0.882 bits per heavy atom. The summed E-state index contributed by atoms with van der Waals surface area (Å²) in [6.07, 6.45) is 1.41. The van der Waals surface area contributed by atoms with Gasteiger partial charge >= 0.3 is 5.97 Å². The molecule has 2 heterocycles. The molecule has 0 spiro atoms. The van der Waals surface area contributed by atoms with E-state index in [1.165, 1.54) is 6.33 Å². The van der Waals surface area contributed by atoms with Crippen molar-refractivity contribution in [3.8, 4) is 22.8 Å². The second-order valence-corrected chi connectivity index (χ2v) is 7.79. The lowest BCUT2D eigenvalue weighted by molar-refractivity contribution is -0.136. The van der Waals surface area contributed by atoms with Crippen LogP contribution in [0.4, 0.5) is 5.82 Å². The summed E-state index contributed by atoms with van der Waals surface area (Å²) in [4.78, 5) is 19.5. The number of carbonyl (C=O) groups is 1. The number of hydrogen-bond acceptors (Lipinski definition) is 6. The molecule has 168 valence electrons. The number of carboxylic acids is 1. The van der Waals surface area contributed by atoms with Gasteiger partial charge in [-0.05, 0) is 47.5 Å². The Hall–Kier alpha value is -4.72. The van der Waals surface area contributed by atoms with Crippen molar-refractivity contribution < 1.29 is 14.6 Å². The number of carboxylic acid groups (broad SMARTS) is 1. The van der Waals surface area contributed by atoms with Crippen molar-refractivity contribution >= 4 is 22.8 Å². The molecule has 0 amide bonds. The maximum Gasteiger partial charge on any atom is 0.307 e. The van der Waals surface area contributed by atoms with Crippen LogP contribution >= 0.6 is 0 Å². The minimum Gasteiger partial charge on any atom is -0.481 e. The van der Waals surface area contributed by atoms with Gasteiger partial charge in [-0.25, -0.2) is 14.6 Å². The Kier molecular flexibility index (Phi) is 5.61. The molecule has 8 nitrogen and oxygen atoms in total. The second kappa shape index (κ2) is 9.03. The van der Waals surface area contributed by atoms with Crippen LogP contribution in [0.1, 0.15) is 11.1 Å². The number of rotatable bonds is 7. The zero-order chi connectivity index (χ0) is 23.5. The molecule has 0 fully saturated rings.